The number of hydrogen-bond acceptors (Lipinski definition) is 7. The van der Waals surface area contributed by atoms with E-state index in [2.05, 4.69) is 15.1 Å². The van der Waals surface area contributed by atoms with Crippen LogP contribution in [0.2, 0.25) is 0 Å². The lowest BCUT2D eigenvalue weighted by Gasteiger charge is -2.41. The Hall–Kier alpha value is -2.61. The number of ether oxygens (including phenoxy) is 2. The number of methoxy groups -OCH3 is 1. The highest BCUT2D eigenvalue weighted by Gasteiger charge is 2.40. The summed E-state index contributed by atoms with van der Waals surface area (Å²) in [5, 5.41) is 8.55. The Bertz CT molecular complexity index is 923. The summed E-state index contributed by atoms with van der Waals surface area (Å²) in [4.78, 5) is 17.2. The topological polar surface area (TPSA) is 80.9 Å². The number of carbonyl (C=O) groups excluding carboxylic acids is 1. The monoisotopic (exact) mass is 442 g/mol. The van der Waals surface area contributed by atoms with E-state index in [9.17, 15) is 4.79 Å². The van der Waals surface area contributed by atoms with Crippen LogP contribution >= 0.6 is 0 Å². The smallest absolute Gasteiger partial charge is 0.410 e. The number of amides is 1. The molecule has 2 aromatic rings. The highest BCUT2D eigenvalue weighted by molar-refractivity contribution is 5.69. The first-order valence-electron chi connectivity index (χ1n) is 11.5. The van der Waals surface area contributed by atoms with E-state index in [1.165, 1.54) is 6.42 Å². The van der Waals surface area contributed by atoms with E-state index in [-0.39, 0.29) is 18.2 Å². The fourth-order valence-corrected chi connectivity index (χ4v) is 4.75. The summed E-state index contributed by atoms with van der Waals surface area (Å²) in [6.45, 7) is 8.04. The van der Waals surface area contributed by atoms with Crippen molar-refractivity contribution in [3.63, 3.8) is 0 Å². The van der Waals surface area contributed by atoms with Gasteiger partial charge in [-0.15, -0.1) is 10.2 Å². The lowest BCUT2D eigenvalue weighted by molar-refractivity contribution is 0.00540. The number of nitrogens with zero attached hydrogens (tertiary/aromatic N) is 4. The summed E-state index contributed by atoms with van der Waals surface area (Å²) in [5.74, 6) is 1.84. The lowest BCUT2D eigenvalue weighted by atomic mass is 9.94. The van der Waals surface area contributed by atoms with Gasteiger partial charge < -0.3 is 18.8 Å². The molecule has 0 N–H and O–H groups in total. The number of aromatic nitrogens is 2. The van der Waals surface area contributed by atoms with Gasteiger partial charge in [-0.25, -0.2) is 4.79 Å². The van der Waals surface area contributed by atoms with Crippen LogP contribution in [0, 0.1) is 0 Å². The molecule has 0 aliphatic carbocycles. The summed E-state index contributed by atoms with van der Waals surface area (Å²) >= 11 is 0. The molecular weight excluding hydrogens is 408 g/mol. The van der Waals surface area contributed by atoms with Gasteiger partial charge in [-0.05, 0) is 71.2 Å². The third kappa shape index (κ3) is 5.23. The zero-order valence-corrected chi connectivity index (χ0v) is 19.5. The molecule has 2 atom stereocenters. The molecule has 174 valence electrons. The quantitative estimate of drug-likeness (QED) is 0.674. The molecule has 1 aromatic heterocycles. The van der Waals surface area contributed by atoms with Gasteiger partial charge in [0, 0.05) is 18.2 Å². The Balaban J connectivity index is 1.47. The molecule has 8 heteroatoms. The van der Waals surface area contributed by atoms with Crippen LogP contribution in [0.1, 0.15) is 58.8 Å². The van der Waals surface area contributed by atoms with Gasteiger partial charge in [0.05, 0.1) is 19.7 Å². The van der Waals surface area contributed by atoms with E-state index >= 15 is 0 Å². The molecule has 0 radical (unpaired) electrons. The van der Waals surface area contributed by atoms with Crippen molar-refractivity contribution in [1.29, 1.82) is 0 Å². The molecule has 4 rings (SSSR count). The summed E-state index contributed by atoms with van der Waals surface area (Å²) < 4.78 is 17.0. The Morgan fingerprint density at radius 1 is 1.12 bits per heavy atom. The molecular formula is C24H34N4O4. The number of hydrogen-bond donors (Lipinski definition) is 0. The number of carbonyl (C=O) groups is 1. The summed E-state index contributed by atoms with van der Waals surface area (Å²) in [7, 11) is 1.64. The van der Waals surface area contributed by atoms with Crippen LogP contribution in [0.4, 0.5) is 4.79 Å². The molecule has 0 spiro atoms. The summed E-state index contributed by atoms with van der Waals surface area (Å²) in [6, 6.07) is 8.04. The molecule has 32 heavy (non-hydrogen) atoms. The van der Waals surface area contributed by atoms with Gasteiger partial charge in [0.1, 0.15) is 11.4 Å². The maximum atomic E-state index is 12.8. The SMILES string of the molecule is COc1cccc(-c2nnc(CN3CCCC[C@H]3[C@H]3CCCN3C(=O)OC(C)(C)C)o2)c1. The van der Waals surface area contributed by atoms with Gasteiger partial charge in [0.25, 0.3) is 0 Å². The van der Waals surface area contributed by atoms with Gasteiger partial charge in [0.2, 0.25) is 11.8 Å². The lowest BCUT2D eigenvalue weighted by Crippen LogP contribution is -2.53. The van der Waals surface area contributed by atoms with Crippen LogP contribution in [-0.2, 0) is 11.3 Å². The molecule has 0 bridgehead atoms. The van der Waals surface area contributed by atoms with Crippen LogP contribution < -0.4 is 4.74 Å². The predicted molar refractivity (Wildman–Crippen MR) is 120 cm³/mol. The van der Waals surface area contributed by atoms with E-state index in [4.69, 9.17) is 13.9 Å². The Labute approximate surface area is 189 Å². The highest BCUT2D eigenvalue weighted by Crippen LogP contribution is 2.32. The second-order valence-electron chi connectivity index (χ2n) is 9.65. The van der Waals surface area contributed by atoms with Crippen LogP contribution in [-0.4, -0.2) is 64.0 Å². The van der Waals surface area contributed by atoms with E-state index in [0.717, 1.165) is 50.1 Å². The number of likely N-dealkylation sites (tertiary alicyclic amines) is 2. The van der Waals surface area contributed by atoms with Crippen LogP contribution in [0.5, 0.6) is 5.75 Å². The Kier molecular flexibility index (Phi) is 6.69. The summed E-state index contributed by atoms with van der Waals surface area (Å²) in [5.41, 5.74) is 0.349. The zero-order valence-electron chi connectivity index (χ0n) is 19.5. The van der Waals surface area contributed by atoms with Crippen molar-refractivity contribution in [3.8, 4) is 17.2 Å². The van der Waals surface area contributed by atoms with Crippen molar-refractivity contribution in [3.05, 3.63) is 30.2 Å². The molecule has 2 saturated heterocycles. The van der Waals surface area contributed by atoms with Gasteiger partial charge in [-0.3, -0.25) is 4.90 Å². The molecule has 0 unspecified atom stereocenters. The van der Waals surface area contributed by atoms with E-state index in [1.807, 2.05) is 49.9 Å². The van der Waals surface area contributed by atoms with Gasteiger partial charge >= 0.3 is 6.09 Å². The molecule has 2 fully saturated rings. The molecule has 8 nitrogen and oxygen atoms in total. The minimum absolute atomic E-state index is 0.158. The highest BCUT2D eigenvalue weighted by atomic mass is 16.6. The fourth-order valence-electron chi connectivity index (χ4n) is 4.75. The van der Waals surface area contributed by atoms with Crippen molar-refractivity contribution in [1.82, 2.24) is 20.0 Å². The van der Waals surface area contributed by atoms with E-state index < -0.39 is 5.60 Å². The first-order valence-corrected chi connectivity index (χ1v) is 11.5. The molecule has 3 heterocycles. The molecule has 2 aliphatic heterocycles. The van der Waals surface area contributed by atoms with Gasteiger partial charge in [0.15, 0.2) is 0 Å². The summed E-state index contributed by atoms with van der Waals surface area (Å²) in [6.07, 6.45) is 5.16. The fraction of sp³-hybridized carbons (Fsp3) is 0.625. The molecule has 0 saturated carbocycles. The third-order valence-electron chi connectivity index (χ3n) is 6.16. The normalized spacial score (nSPS) is 22.2. The number of piperidine rings is 1. The average molecular weight is 443 g/mol. The number of rotatable bonds is 5. The second kappa shape index (κ2) is 9.48. The van der Waals surface area contributed by atoms with Gasteiger partial charge in [-0.2, -0.15) is 0 Å². The standard InChI is InChI=1S/C24H34N4O4/c1-24(2,3)32-23(29)28-14-8-12-20(28)19-11-5-6-13-27(19)16-21-25-26-22(31-21)17-9-7-10-18(15-17)30-4/h7,9-10,15,19-20H,5-6,8,11-14,16H2,1-4H3/t19-,20+/m0/s1. The van der Waals surface area contributed by atoms with Crippen molar-refractivity contribution in [2.24, 2.45) is 0 Å². The second-order valence-corrected chi connectivity index (χ2v) is 9.65. The van der Waals surface area contributed by atoms with Crippen molar-refractivity contribution in [2.75, 3.05) is 20.2 Å². The van der Waals surface area contributed by atoms with Crippen molar-refractivity contribution in [2.45, 2.75) is 77.1 Å². The van der Waals surface area contributed by atoms with Crippen LogP contribution in [0.15, 0.2) is 28.7 Å². The first-order chi connectivity index (χ1) is 15.3. The molecule has 1 aromatic carbocycles. The third-order valence-corrected chi connectivity index (χ3v) is 6.16. The number of benzene rings is 1. The first kappa shape index (κ1) is 22.6. The molecule has 1 amide bonds. The average Bonchev–Trinajstić information content (AvgIpc) is 3.43. The maximum absolute atomic E-state index is 12.8. The van der Waals surface area contributed by atoms with Crippen molar-refractivity contribution < 1.29 is 18.7 Å². The molecule has 2 aliphatic rings. The van der Waals surface area contributed by atoms with Crippen LogP contribution in [0.25, 0.3) is 11.5 Å². The van der Waals surface area contributed by atoms with E-state index in [1.54, 1.807) is 7.11 Å². The van der Waals surface area contributed by atoms with Gasteiger partial charge in [-0.1, -0.05) is 12.5 Å². The van der Waals surface area contributed by atoms with Crippen LogP contribution in [0.3, 0.4) is 0 Å². The predicted octanol–water partition coefficient (Wildman–Crippen LogP) is 4.50. The Morgan fingerprint density at radius 2 is 1.94 bits per heavy atom. The minimum Gasteiger partial charge on any atom is -0.497 e. The largest absolute Gasteiger partial charge is 0.497 e. The van der Waals surface area contributed by atoms with Crippen molar-refractivity contribution >= 4 is 6.09 Å². The zero-order chi connectivity index (χ0) is 22.7. The maximum Gasteiger partial charge on any atom is 0.410 e. The Morgan fingerprint density at radius 3 is 2.72 bits per heavy atom. The van der Waals surface area contributed by atoms with E-state index in [0.29, 0.717) is 18.3 Å². The minimum atomic E-state index is -0.489.